The van der Waals surface area contributed by atoms with Gasteiger partial charge in [-0.2, -0.15) is 0 Å². The van der Waals surface area contributed by atoms with Crippen LogP contribution in [0.25, 0.3) is 0 Å². The molecule has 0 spiro atoms. The van der Waals surface area contributed by atoms with E-state index in [1.165, 1.54) is 18.9 Å². The van der Waals surface area contributed by atoms with E-state index in [1.54, 1.807) is 6.20 Å². The molecule has 0 radical (unpaired) electrons. The Balaban J connectivity index is 1.67. The van der Waals surface area contributed by atoms with Crippen molar-refractivity contribution in [3.05, 3.63) is 87.4 Å². The Morgan fingerprint density at radius 2 is 2.03 bits per heavy atom. The van der Waals surface area contributed by atoms with Gasteiger partial charge in [-0.25, -0.2) is 9.79 Å². The van der Waals surface area contributed by atoms with Gasteiger partial charge in [0.15, 0.2) is 5.17 Å². The SMILES string of the molecule is CCC1=C(C(=O)OC)[C@H](c2cc(C)ccc2C)N2C(CC(=O)NCc3ccccn3)=CSC2=N1. The number of allylic oxidation sites excluding steroid dienone is 1. The summed E-state index contributed by atoms with van der Waals surface area (Å²) in [4.78, 5) is 36.9. The van der Waals surface area contributed by atoms with Crippen molar-refractivity contribution >= 4 is 28.8 Å². The first-order valence-electron chi connectivity index (χ1n) is 11.2. The molecule has 1 N–H and O–H groups in total. The molecule has 0 unspecified atom stereocenters. The van der Waals surface area contributed by atoms with Crippen LogP contribution in [-0.4, -0.2) is 34.0 Å². The summed E-state index contributed by atoms with van der Waals surface area (Å²) in [5.74, 6) is -0.523. The van der Waals surface area contributed by atoms with Crippen molar-refractivity contribution in [1.82, 2.24) is 15.2 Å². The van der Waals surface area contributed by atoms with E-state index in [-0.39, 0.29) is 12.3 Å². The van der Waals surface area contributed by atoms with Gasteiger partial charge in [0.05, 0.1) is 43.1 Å². The fraction of sp³-hybridized carbons (Fsp3) is 0.308. The topological polar surface area (TPSA) is 83.9 Å². The highest BCUT2D eigenvalue weighted by Crippen LogP contribution is 2.46. The molecule has 1 amide bonds. The van der Waals surface area contributed by atoms with Crippen molar-refractivity contribution in [2.24, 2.45) is 4.99 Å². The van der Waals surface area contributed by atoms with Gasteiger partial charge in [-0.05, 0) is 48.9 Å². The third-order valence-corrected chi connectivity index (χ3v) is 6.78. The number of amidine groups is 1. The van der Waals surface area contributed by atoms with Crippen molar-refractivity contribution in [2.75, 3.05) is 7.11 Å². The summed E-state index contributed by atoms with van der Waals surface area (Å²) >= 11 is 1.48. The predicted molar refractivity (Wildman–Crippen MR) is 134 cm³/mol. The second-order valence-electron chi connectivity index (χ2n) is 8.23. The molecule has 7 nitrogen and oxygen atoms in total. The lowest BCUT2D eigenvalue weighted by Crippen LogP contribution is -2.38. The summed E-state index contributed by atoms with van der Waals surface area (Å²) in [5.41, 5.74) is 5.98. The van der Waals surface area contributed by atoms with Gasteiger partial charge in [0, 0.05) is 11.9 Å². The van der Waals surface area contributed by atoms with Gasteiger partial charge >= 0.3 is 5.97 Å². The number of nitrogens with one attached hydrogen (secondary N) is 1. The fourth-order valence-corrected chi connectivity index (χ4v) is 5.12. The number of carbonyl (C=O) groups excluding carboxylic acids is 2. The molecule has 0 saturated heterocycles. The highest BCUT2D eigenvalue weighted by molar-refractivity contribution is 8.16. The lowest BCUT2D eigenvalue weighted by Gasteiger charge is -2.37. The molecule has 1 atom stereocenters. The van der Waals surface area contributed by atoms with Gasteiger partial charge in [0.1, 0.15) is 0 Å². The number of fused-ring (bicyclic) bond motifs is 1. The van der Waals surface area contributed by atoms with E-state index in [9.17, 15) is 9.59 Å². The number of carbonyl (C=O) groups is 2. The zero-order valence-electron chi connectivity index (χ0n) is 19.8. The van der Waals surface area contributed by atoms with Crippen molar-refractivity contribution in [3.8, 4) is 0 Å². The van der Waals surface area contributed by atoms with E-state index >= 15 is 0 Å². The molecule has 2 aliphatic heterocycles. The maximum Gasteiger partial charge on any atom is 0.338 e. The second-order valence-corrected chi connectivity index (χ2v) is 9.07. The highest BCUT2D eigenvalue weighted by atomic mass is 32.2. The quantitative estimate of drug-likeness (QED) is 0.591. The van der Waals surface area contributed by atoms with Crippen LogP contribution in [0.15, 0.2) is 70.0 Å². The van der Waals surface area contributed by atoms with E-state index in [1.807, 2.05) is 49.3 Å². The molecule has 8 heteroatoms. The number of rotatable bonds is 7. The lowest BCUT2D eigenvalue weighted by atomic mass is 9.89. The molecule has 0 saturated carbocycles. The van der Waals surface area contributed by atoms with Crippen LogP contribution < -0.4 is 5.32 Å². The number of pyridine rings is 1. The first kappa shape index (κ1) is 23.8. The zero-order valence-corrected chi connectivity index (χ0v) is 20.6. The molecular formula is C26H28N4O3S. The first-order valence-corrected chi connectivity index (χ1v) is 12.1. The van der Waals surface area contributed by atoms with Crippen LogP contribution in [0.4, 0.5) is 0 Å². The van der Waals surface area contributed by atoms with Gasteiger partial charge in [-0.1, -0.05) is 48.5 Å². The van der Waals surface area contributed by atoms with Gasteiger partial charge in [0.25, 0.3) is 0 Å². The van der Waals surface area contributed by atoms with Gasteiger partial charge in [-0.15, -0.1) is 0 Å². The maximum atomic E-state index is 13.0. The number of aliphatic imine (C=N–C) groups is 1. The fourth-order valence-electron chi connectivity index (χ4n) is 4.18. The highest BCUT2D eigenvalue weighted by Gasteiger charge is 2.42. The van der Waals surface area contributed by atoms with E-state index < -0.39 is 12.0 Å². The Labute approximate surface area is 204 Å². The van der Waals surface area contributed by atoms with Crippen LogP contribution in [0.2, 0.25) is 0 Å². The number of hydrogen-bond acceptors (Lipinski definition) is 7. The third kappa shape index (κ3) is 4.77. The van der Waals surface area contributed by atoms with Crippen molar-refractivity contribution in [2.45, 2.75) is 46.2 Å². The maximum absolute atomic E-state index is 13.0. The molecule has 4 rings (SSSR count). The van der Waals surface area contributed by atoms with Crippen LogP contribution in [0.5, 0.6) is 0 Å². The van der Waals surface area contributed by atoms with Crippen LogP contribution in [0.3, 0.4) is 0 Å². The molecule has 2 aliphatic rings. The number of methoxy groups -OCH3 is 1. The molecule has 0 aliphatic carbocycles. The molecule has 1 aromatic carbocycles. The predicted octanol–water partition coefficient (Wildman–Crippen LogP) is 4.54. The zero-order chi connectivity index (χ0) is 24.2. The normalized spacial score (nSPS) is 17.2. The number of thioether (sulfide) groups is 1. The van der Waals surface area contributed by atoms with Crippen LogP contribution >= 0.6 is 11.8 Å². The van der Waals surface area contributed by atoms with E-state index in [0.717, 1.165) is 33.2 Å². The van der Waals surface area contributed by atoms with Crippen molar-refractivity contribution in [1.29, 1.82) is 0 Å². The summed E-state index contributed by atoms with van der Waals surface area (Å²) in [7, 11) is 1.39. The molecule has 3 heterocycles. The number of aromatic nitrogens is 1. The first-order chi connectivity index (χ1) is 16.4. The summed E-state index contributed by atoms with van der Waals surface area (Å²) in [6, 6.07) is 11.4. The van der Waals surface area contributed by atoms with Crippen LogP contribution in [0, 0.1) is 13.8 Å². The summed E-state index contributed by atoms with van der Waals surface area (Å²) in [5, 5.41) is 5.66. The van der Waals surface area contributed by atoms with E-state index in [2.05, 4.69) is 28.5 Å². The lowest BCUT2D eigenvalue weighted by molar-refractivity contribution is -0.136. The molecular weight excluding hydrogens is 448 g/mol. The number of benzene rings is 1. The number of aryl methyl sites for hydroxylation is 2. The van der Waals surface area contributed by atoms with E-state index in [4.69, 9.17) is 9.73 Å². The molecule has 34 heavy (non-hydrogen) atoms. The third-order valence-electron chi connectivity index (χ3n) is 5.89. The molecule has 0 fully saturated rings. The smallest absolute Gasteiger partial charge is 0.338 e. The Bertz CT molecular complexity index is 1200. The monoisotopic (exact) mass is 476 g/mol. The number of amides is 1. The van der Waals surface area contributed by atoms with Crippen molar-refractivity contribution < 1.29 is 14.3 Å². The Hall–Kier alpha value is -3.39. The Kier molecular flexibility index (Phi) is 7.17. The van der Waals surface area contributed by atoms with Crippen LogP contribution in [-0.2, 0) is 20.9 Å². The number of ether oxygens (including phenoxy) is 1. The van der Waals surface area contributed by atoms with Gasteiger partial charge in [0.2, 0.25) is 5.91 Å². The van der Waals surface area contributed by atoms with Crippen molar-refractivity contribution in [3.63, 3.8) is 0 Å². The van der Waals surface area contributed by atoms with Gasteiger partial charge in [-0.3, -0.25) is 9.78 Å². The van der Waals surface area contributed by atoms with Crippen LogP contribution in [0.1, 0.15) is 48.2 Å². The Morgan fingerprint density at radius 3 is 2.74 bits per heavy atom. The standard InChI is InChI=1S/C26H28N4O3S/c1-5-21-23(25(32)33-4)24(20-12-16(2)9-10-17(20)3)30-19(15-34-26(30)29-21)13-22(31)28-14-18-8-6-7-11-27-18/h6-12,15,24H,5,13-14H2,1-4H3,(H,28,31)/t24-/m0/s1. The molecule has 176 valence electrons. The second kappa shape index (κ2) is 10.3. The average molecular weight is 477 g/mol. The minimum atomic E-state index is -0.417. The average Bonchev–Trinajstić information content (AvgIpc) is 3.25. The molecule has 2 aromatic rings. The summed E-state index contributed by atoms with van der Waals surface area (Å²) in [6.07, 6.45) is 2.47. The minimum Gasteiger partial charge on any atom is -0.466 e. The number of esters is 1. The largest absolute Gasteiger partial charge is 0.466 e. The summed E-state index contributed by atoms with van der Waals surface area (Å²) in [6.45, 7) is 6.41. The minimum absolute atomic E-state index is 0.122. The number of hydrogen-bond donors (Lipinski definition) is 1. The molecule has 1 aromatic heterocycles. The van der Waals surface area contributed by atoms with Gasteiger partial charge < -0.3 is 15.0 Å². The Morgan fingerprint density at radius 1 is 1.21 bits per heavy atom. The summed E-state index contributed by atoms with van der Waals surface area (Å²) < 4.78 is 5.19. The number of nitrogens with zero attached hydrogens (tertiary/aromatic N) is 3. The molecule has 0 bridgehead atoms. The van der Waals surface area contributed by atoms with E-state index in [0.29, 0.717) is 24.2 Å².